The molecule has 0 aliphatic heterocycles. The predicted octanol–water partition coefficient (Wildman–Crippen LogP) is 2.61. The van der Waals surface area contributed by atoms with Crippen LogP contribution in [0.2, 0.25) is 0 Å². The molecule has 0 amide bonds. The number of pyridine rings is 1. The summed E-state index contributed by atoms with van der Waals surface area (Å²) in [5.74, 6) is 0. The van der Waals surface area contributed by atoms with Gasteiger partial charge in [0.15, 0.2) is 0 Å². The fraction of sp³-hybridized carbons (Fsp3) is 0.167. The summed E-state index contributed by atoms with van der Waals surface area (Å²) in [6.45, 7) is 0. The van der Waals surface area contributed by atoms with E-state index < -0.39 is 0 Å². The van der Waals surface area contributed by atoms with Crippen LogP contribution in [-0.4, -0.2) is 10.4 Å². The van der Waals surface area contributed by atoms with Gasteiger partial charge in [-0.15, -0.1) is 0 Å². The van der Waals surface area contributed by atoms with E-state index in [2.05, 4.69) is 42.2 Å². The van der Waals surface area contributed by atoms with Gasteiger partial charge >= 0.3 is 0 Å². The van der Waals surface area contributed by atoms with Crippen molar-refractivity contribution in [1.82, 2.24) is 4.98 Å². The van der Waals surface area contributed by atoms with Crippen molar-refractivity contribution in [3.05, 3.63) is 22.9 Å². The highest BCUT2D eigenvalue weighted by Gasteiger charge is 1.88. The molecule has 1 aromatic rings. The molecule has 54 valence electrons. The van der Waals surface area contributed by atoms with Gasteiger partial charge in [-0.05, 0) is 28.1 Å². The molecule has 0 bridgehead atoms. The van der Waals surface area contributed by atoms with Crippen molar-refractivity contribution in [2.45, 2.75) is 0 Å². The molecule has 10 heavy (non-hydrogen) atoms. The number of nitrogens with one attached hydrogen (secondary N) is 1. The second-order valence-corrected chi connectivity index (χ2v) is 3.05. The maximum absolute atomic E-state index is 4.03. The molecule has 1 heterocycles. The van der Waals surface area contributed by atoms with Gasteiger partial charge in [-0.1, -0.05) is 15.9 Å². The van der Waals surface area contributed by atoms with Crippen LogP contribution in [0.15, 0.2) is 22.9 Å². The van der Waals surface area contributed by atoms with E-state index in [0.29, 0.717) is 0 Å². The Labute approximate surface area is 76.3 Å². The number of aromatic nitrogens is 1. The zero-order valence-corrected chi connectivity index (χ0v) is 8.31. The molecular formula is C6H6Br2N2. The molecule has 0 unspecified atom stereocenters. The molecule has 2 nitrogen and oxygen atoms in total. The average Bonchev–Trinajstić information content (AvgIpc) is 1.95. The Bertz CT molecular complexity index is 197. The highest BCUT2D eigenvalue weighted by molar-refractivity contribution is 9.10. The van der Waals surface area contributed by atoms with Gasteiger partial charge in [0.05, 0.1) is 17.3 Å². The molecule has 0 aliphatic rings. The van der Waals surface area contributed by atoms with Gasteiger partial charge in [0.2, 0.25) is 0 Å². The van der Waals surface area contributed by atoms with Crippen LogP contribution in [0.5, 0.6) is 0 Å². The Morgan fingerprint density at radius 2 is 2.30 bits per heavy atom. The molecule has 0 saturated heterocycles. The van der Waals surface area contributed by atoms with E-state index in [9.17, 15) is 0 Å². The van der Waals surface area contributed by atoms with E-state index in [4.69, 9.17) is 0 Å². The highest BCUT2D eigenvalue weighted by Crippen LogP contribution is 2.09. The first-order valence-corrected chi connectivity index (χ1v) is 4.66. The SMILES string of the molecule is BrCNc1ccc(Br)nc1. The zero-order chi connectivity index (χ0) is 7.40. The van der Waals surface area contributed by atoms with Gasteiger partial charge in [-0.25, -0.2) is 4.98 Å². The molecule has 0 spiro atoms. The summed E-state index contributed by atoms with van der Waals surface area (Å²) in [6, 6.07) is 3.85. The largest absolute Gasteiger partial charge is 0.374 e. The average molecular weight is 266 g/mol. The summed E-state index contributed by atoms with van der Waals surface area (Å²) >= 11 is 6.50. The number of hydrogen-bond donors (Lipinski definition) is 1. The third kappa shape index (κ3) is 2.27. The van der Waals surface area contributed by atoms with Gasteiger partial charge in [-0.3, -0.25) is 0 Å². The first kappa shape index (κ1) is 8.01. The van der Waals surface area contributed by atoms with Crippen LogP contribution in [0.3, 0.4) is 0 Å². The Hall–Kier alpha value is -0.0900. The van der Waals surface area contributed by atoms with Crippen LogP contribution in [0.25, 0.3) is 0 Å². The van der Waals surface area contributed by atoms with E-state index in [0.717, 1.165) is 15.7 Å². The lowest BCUT2D eigenvalue weighted by Gasteiger charge is -1.99. The third-order valence-corrected chi connectivity index (χ3v) is 1.75. The fourth-order valence-electron chi connectivity index (χ4n) is 0.558. The number of hydrogen-bond acceptors (Lipinski definition) is 2. The van der Waals surface area contributed by atoms with Gasteiger partial charge in [0.25, 0.3) is 0 Å². The monoisotopic (exact) mass is 264 g/mol. The van der Waals surface area contributed by atoms with Crippen molar-refractivity contribution in [2.75, 3.05) is 10.8 Å². The smallest absolute Gasteiger partial charge is 0.106 e. The lowest BCUT2D eigenvalue weighted by molar-refractivity contribution is 1.26. The first-order chi connectivity index (χ1) is 4.83. The summed E-state index contributed by atoms with van der Waals surface area (Å²) in [6.07, 6.45) is 1.77. The minimum Gasteiger partial charge on any atom is -0.374 e. The molecule has 4 heteroatoms. The maximum Gasteiger partial charge on any atom is 0.106 e. The highest BCUT2D eigenvalue weighted by atomic mass is 79.9. The topological polar surface area (TPSA) is 24.9 Å². The van der Waals surface area contributed by atoms with Crippen molar-refractivity contribution in [1.29, 1.82) is 0 Å². The first-order valence-electron chi connectivity index (χ1n) is 2.74. The Morgan fingerprint density at radius 3 is 2.80 bits per heavy atom. The predicted molar refractivity (Wildman–Crippen MR) is 49.4 cm³/mol. The summed E-state index contributed by atoms with van der Waals surface area (Å²) in [4.78, 5) is 4.03. The van der Waals surface area contributed by atoms with E-state index in [1.165, 1.54) is 0 Å². The van der Waals surface area contributed by atoms with Crippen LogP contribution in [0.4, 0.5) is 5.69 Å². The molecule has 1 aromatic heterocycles. The molecular weight excluding hydrogens is 260 g/mol. The molecule has 0 saturated carbocycles. The summed E-state index contributed by atoms with van der Waals surface area (Å²) in [5, 5.41) is 3.07. The Morgan fingerprint density at radius 1 is 1.50 bits per heavy atom. The molecule has 0 radical (unpaired) electrons. The van der Waals surface area contributed by atoms with E-state index in [1.807, 2.05) is 12.1 Å². The van der Waals surface area contributed by atoms with Crippen LogP contribution >= 0.6 is 31.9 Å². The van der Waals surface area contributed by atoms with Crippen molar-refractivity contribution in [3.8, 4) is 0 Å². The standard InChI is InChI=1S/C6H6Br2N2/c7-4-10-5-1-2-6(8)9-3-5/h1-3,10H,4H2. The van der Waals surface area contributed by atoms with Crippen molar-refractivity contribution >= 4 is 37.5 Å². The lowest BCUT2D eigenvalue weighted by Crippen LogP contribution is -1.93. The molecule has 0 atom stereocenters. The quantitative estimate of drug-likeness (QED) is 0.505. The van der Waals surface area contributed by atoms with Gasteiger partial charge in [0, 0.05) is 0 Å². The minimum absolute atomic E-state index is 0.746. The third-order valence-electron chi connectivity index (χ3n) is 0.998. The van der Waals surface area contributed by atoms with E-state index in [1.54, 1.807) is 6.20 Å². The Balaban J connectivity index is 2.69. The zero-order valence-electron chi connectivity index (χ0n) is 5.14. The van der Waals surface area contributed by atoms with Crippen LogP contribution in [0.1, 0.15) is 0 Å². The van der Waals surface area contributed by atoms with E-state index in [-0.39, 0.29) is 0 Å². The second-order valence-electron chi connectivity index (χ2n) is 1.68. The molecule has 1 rings (SSSR count). The molecule has 1 N–H and O–H groups in total. The van der Waals surface area contributed by atoms with Crippen molar-refractivity contribution < 1.29 is 0 Å². The van der Waals surface area contributed by atoms with Gasteiger partial charge in [0.1, 0.15) is 4.60 Å². The van der Waals surface area contributed by atoms with Crippen molar-refractivity contribution in [2.24, 2.45) is 0 Å². The number of anilines is 1. The second kappa shape index (κ2) is 3.93. The van der Waals surface area contributed by atoms with E-state index >= 15 is 0 Å². The van der Waals surface area contributed by atoms with Gasteiger partial charge in [-0.2, -0.15) is 0 Å². The molecule has 0 aliphatic carbocycles. The normalized spacial score (nSPS) is 9.40. The molecule has 0 fully saturated rings. The number of rotatable bonds is 2. The summed E-state index contributed by atoms with van der Waals surface area (Å²) in [7, 11) is 0. The van der Waals surface area contributed by atoms with Crippen LogP contribution in [0, 0.1) is 0 Å². The number of halogens is 2. The van der Waals surface area contributed by atoms with Crippen molar-refractivity contribution in [3.63, 3.8) is 0 Å². The van der Waals surface area contributed by atoms with Crippen LogP contribution in [-0.2, 0) is 0 Å². The molecule has 0 aromatic carbocycles. The number of nitrogens with zero attached hydrogens (tertiary/aromatic N) is 1. The maximum atomic E-state index is 4.03. The summed E-state index contributed by atoms with van der Waals surface area (Å²) < 4.78 is 0.854. The minimum atomic E-state index is 0.746. The Kier molecular flexibility index (Phi) is 3.15. The summed E-state index contributed by atoms with van der Waals surface area (Å²) in [5.41, 5.74) is 1.76. The number of alkyl halides is 1. The van der Waals surface area contributed by atoms with Gasteiger partial charge < -0.3 is 5.32 Å². The lowest BCUT2D eigenvalue weighted by atomic mass is 10.4. The fourth-order valence-corrected chi connectivity index (χ4v) is 1.12. The van der Waals surface area contributed by atoms with Crippen LogP contribution < -0.4 is 5.32 Å².